The molecule has 3 aromatic rings. The monoisotopic (exact) mass is 397 g/mol. The summed E-state index contributed by atoms with van der Waals surface area (Å²) < 4.78 is 34.0. The number of methoxy groups -OCH3 is 1. The minimum absolute atomic E-state index is 0.243. The molecule has 1 aliphatic heterocycles. The topological polar surface area (TPSA) is 66.8 Å². The van der Waals surface area contributed by atoms with E-state index in [1.165, 1.54) is 4.31 Å². The third-order valence-electron chi connectivity index (χ3n) is 5.27. The van der Waals surface area contributed by atoms with Crippen LogP contribution in [0.2, 0.25) is 0 Å². The van der Waals surface area contributed by atoms with Crippen LogP contribution in [-0.4, -0.2) is 27.2 Å². The quantitative estimate of drug-likeness (QED) is 0.720. The lowest BCUT2D eigenvalue weighted by Crippen LogP contribution is -2.32. The summed E-state index contributed by atoms with van der Waals surface area (Å²) in [7, 11) is -2.21. The fraction of sp³-hybridized carbons (Fsp3) is 0.273. The van der Waals surface area contributed by atoms with Crippen molar-refractivity contribution in [3.05, 3.63) is 65.7 Å². The minimum Gasteiger partial charge on any atom is -0.496 e. The van der Waals surface area contributed by atoms with Gasteiger partial charge in [-0.05, 0) is 43.4 Å². The van der Waals surface area contributed by atoms with Crippen LogP contribution in [0, 0.1) is 6.92 Å². The maximum absolute atomic E-state index is 13.5. The van der Waals surface area contributed by atoms with Gasteiger partial charge >= 0.3 is 0 Å². The first-order chi connectivity index (χ1) is 13.4. The zero-order valence-corrected chi connectivity index (χ0v) is 16.7. The van der Waals surface area contributed by atoms with E-state index in [1.807, 2.05) is 37.3 Å². The van der Waals surface area contributed by atoms with E-state index in [-0.39, 0.29) is 4.90 Å². The highest BCUT2D eigenvalue weighted by atomic mass is 32.2. The zero-order chi connectivity index (χ0) is 19.9. The molecule has 0 amide bonds. The molecule has 0 radical (unpaired) electrons. The van der Waals surface area contributed by atoms with Crippen molar-refractivity contribution in [3.63, 3.8) is 0 Å². The van der Waals surface area contributed by atoms with Crippen molar-refractivity contribution >= 4 is 26.5 Å². The molecule has 6 heteroatoms. The molecule has 1 N–H and O–H groups in total. The molecule has 1 heterocycles. The number of hydrogen-bond acceptors (Lipinski definition) is 4. The Bertz CT molecular complexity index is 1120. The Morgan fingerprint density at radius 1 is 1.11 bits per heavy atom. The number of nitrogens with zero attached hydrogens (tertiary/aromatic N) is 1. The standard InChI is InChI=1S/C22H23NO4S/c1-15-9-11-17(12-10-15)28(25,26)23-13-5-8-20(24)21-19(23)14-16-6-3-4-7-18(16)22(21)27-2/h3-4,6-7,9-12,14,20,24H,5,8,13H2,1-2H3. The molecule has 0 fully saturated rings. The van der Waals surface area contributed by atoms with E-state index in [9.17, 15) is 13.5 Å². The van der Waals surface area contributed by atoms with Gasteiger partial charge in [0.15, 0.2) is 0 Å². The highest BCUT2D eigenvalue weighted by Gasteiger charge is 2.33. The van der Waals surface area contributed by atoms with Gasteiger partial charge < -0.3 is 9.84 Å². The number of benzene rings is 3. The lowest BCUT2D eigenvalue weighted by molar-refractivity contribution is 0.165. The van der Waals surface area contributed by atoms with Crippen molar-refractivity contribution in [3.8, 4) is 5.75 Å². The van der Waals surface area contributed by atoms with Gasteiger partial charge in [-0.15, -0.1) is 0 Å². The van der Waals surface area contributed by atoms with E-state index >= 15 is 0 Å². The van der Waals surface area contributed by atoms with Gasteiger partial charge in [0, 0.05) is 17.5 Å². The number of sulfonamides is 1. The molecule has 0 saturated carbocycles. The van der Waals surface area contributed by atoms with Crippen LogP contribution in [0.3, 0.4) is 0 Å². The molecule has 1 unspecified atom stereocenters. The third kappa shape index (κ3) is 3.02. The first-order valence-corrected chi connectivity index (χ1v) is 10.7. The van der Waals surface area contributed by atoms with Gasteiger partial charge in [-0.3, -0.25) is 4.31 Å². The summed E-state index contributed by atoms with van der Waals surface area (Å²) >= 11 is 0. The average molecular weight is 397 g/mol. The Balaban J connectivity index is 1.98. The number of anilines is 1. The lowest BCUT2D eigenvalue weighted by Gasteiger charge is -2.27. The Hall–Kier alpha value is -2.57. The maximum Gasteiger partial charge on any atom is 0.264 e. The van der Waals surface area contributed by atoms with E-state index in [1.54, 1.807) is 31.4 Å². The van der Waals surface area contributed by atoms with Crippen molar-refractivity contribution in [1.29, 1.82) is 0 Å². The molecule has 4 rings (SSSR count). The SMILES string of the molecule is COc1c2c(cc3ccccc13)N(S(=O)(=O)c1ccc(C)cc1)CCCC2O. The van der Waals surface area contributed by atoms with Crippen LogP contribution in [0.15, 0.2) is 59.5 Å². The molecule has 1 atom stereocenters. The van der Waals surface area contributed by atoms with Crippen LogP contribution in [0.4, 0.5) is 5.69 Å². The van der Waals surface area contributed by atoms with Crippen LogP contribution < -0.4 is 9.04 Å². The molecular weight excluding hydrogens is 374 g/mol. The average Bonchev–Trinajstić information content (AvgIpc) is 2.86. The number of aryl methyl sites for hydroxylation is 1. The number of rotatable bonds is 3. The number of fused-ring (bicyclic) bond motifs is 2. The summed E-state index contributed by atoms with van der Waals surface area (Å²) in [5.74, 6) is 0.534. The fourth-order valence-electron chi connectivity index (χ4n) is 3.84. The van der Waals surface area contributed by atoms with E-state index in [0.29, 0.717) is 36.4 Å². The van der Waals surface area contributed by atoms with Crippen LogP contribution in [0.25, 0.3) is 10.8 Å². The molecule has 1 aliphatic rings. The van der Waals surface area contributed by atoms with Gasteiger partial charge in [-0.2, -0.15) is 0 Å². The van der Waals surface area contributed by atoms with Crippen molar-refractivity contribution in [2.24, 2.45) is 0 Å². The summed E-state index contributed by atoms with van der Waals surface area (Å²) in [5, 5.41) is 12.5. The summed E-state index contributed by atoms with van der Waals surface area (Å²) in [5.41, 5.74) is 2.02. The van der Waals surface area contributed by atoms with Crippen molar-refractivity contribution < 1.29 is 18.3 Å². The van der Waals surface area contributed by atoms with E-state index < -0.39 is 16.1 Å². The maximum atomic E-state index is 13.5. The normalized spacial score (nSPS) is 17.2. The molecule has 5 nitrogen and oxygen atoms in total. The molecule has 0 saturated heterocycles. The molecule has 0 aromatic heterocycles. The highest BCUT2D eigenvalue weighted by molar-refractivity contribution is 7.92. The Labute approximate surface area is 165 Å². The Morgan fingerprint density at radius 2 is 1.82 bits per heavy atom. The largest absolute Gasteiger partial charge is 0.496 e. The second-order valence-electron chi connectivity index (χ2n) is 7.11. The predicted octanol–water partition coefficient (Wildman–Crippen LogP) is 4.18. The first-order valence-electron chi connectivity index (χ1n) is 9.30. The Morgan fingerprint density at radius 3 is 2.54 bits per heavy atom. The van der Waals surface area contributed by atoms with Crippen LogP contribution >= 0.6 is 0 Å². The molecule has 0 aliphatic carbocycles. The third-order valence-corrected chi connectivity index (χ3v) is 7.10. The summed E-state index contributed by atoms with van der Waals surface area (Å²) in [6.07, 6.45) is 0.245. The molecule has 146 valence electrons. The molecular formula is C22H23NO4S. The van der Waals surface area contributed by atoms with E-state index in [0.717, 1.165) is 16.3 Å². The molecule has 28 heavy (non-hydrogen) atoms. The van der Waals surface area contributed by atoms with Gasteiger partial charge in [0.05, 0.1) is 23.8 Å². The van der Waals surface area contributed by atoms with Gasteiger partial charge in [0.25, 0.3) is 10.0 Å². The number of aliphatic hydroxyl groups is 1. The predicted molar refractivity (Wildman–Crippen MR) is 110 cm³/mol. The summed E-state index contributed by atoms with van der Waals surface area (Å²) in [6, 6.07) is 16.3. The molecule has 0 spiro atoms. The number of aliphatic hydroxyl groups excluding tert-OH is 1. The second-order valence-corrected chi connectivity index (χ2v) is 8.97. The molecule has 0 bridgehead atoms. The lowest BCUT2D eigenvalue weighted by atomic mass is 9.98. The second kappa shape index (κ2) is 7.11. The van der Waals surface area contributed by atoms with Gasteiger partial charge in [-0.1, -0.05) is 42.0 Å². The van der Waals surface area contributed by atoms with E-state index in [2.05, 4.69) is 0 Å². The number of ether oxygens (including phenoxy) is 1. The van der Waals surface area contributed by atoms with Crippen LogP contribution in [0.1, 0.15) is 30.1 Å². The van der Waals surface area contributed by atoms with Crippen molar-refractivity contribution in [1.82, 2.24) is 0 Å². The van der Waals surface area contributed by atoms with Gasteiger partial charge in [0.1, 0.15) is 5.75 Å². The minimum atomic E-state index is -3.77. The summed E-state index contributed by atoms with van der Waals surface area (Å²) in [4.78, 5) is 0.243. The Kier molecular flexibility index (Phi) is 4.77. The van der Waals surface area contributed by atoms with Crippen molar-refractivity contribution in [2.45, 2.75) is 30.8 Å². The number of hydrogen-bond donors (Lipinski definition) is 1. The molecule has 3 aromatic carbocycles. The van der Waals surface area contributed by atoms with Crippen molar-refractivity contribution in [2.75, 3.05) is 18.0 Å². The zero-order valence-electron chi connectivity index (χ0n) is 15.9. The smallest absolute Gasteiger partial charge is 0.264 e. The van der Waals surface area contributed by atoms with Crippen LogP contribution in [0.5, 0.6) is 5.75 Å². The van der Waals surface area contributed by atoms with Gasteiger partial charge in [-0.25, -0.2) is 8.42 Å². The summed E-state index contributed by atoms with van der Waals surface area (Å²) in [6.45, 7) is 2.23. The highest BCUT2D eigenvalue weighted by Crippen LogP contribution is 2.45. The van der Waals surface area contributed by atoms with Gasteiger partial charge in [0.2, 0.25) is 0 Å². The van der Waals surface area contributed by atoms with Crippen LogP contribution in [-0.2, 0) is 10.0 Å². The fourth-order valence-corrected chi connectivity index (χ4v) is 5.36. The van der Waals surface area contributed by atoms with E-state index in [4.69, 9.17) is 4.74 Å². The first kappa shape index (κ1) is 18.8.